The zero-order chi connectivity index (χ0) is 30.7. The molecule has 8 nitrogen and oxygen atoms in total. The van der Waals surface area contributed by atoms with E-state index >= 15 is 0 Å². The van der Waals surface area contributed by atoms with Gasteiger partial charge in [-0.25, -0.2) is 14.3 Å². The molecule has 43 heavy (non-hydrogen) atoms. The van der Waals surface area contributed by atoms with E-state index in [2.05, 4.69) is 5.10 Å². The highest BCUT2D eigenvalue weighted by atomic mass is 16.6. The second kappa shape index (κ2) is 15.7. The summed E-state index contributed by atoms with van der Waals surface area (Å²) in [5, 5.41) is 4.54. The second-order valence-corrected chi connectivity index (χ2v) is 12.1. The number of hydrogen-bond acceptors (Lipinski definition) is 6. The van der Waals surface area contributed by atoms with Crippen molar-refractivity contribution < 1.29 is 14.3 Å². The first-order chi connectivity index (χ1) is 20.8. The van der Waals surface area contributed by atoms with E-state index in [1.807, 2.05) is 54.6 Å². The Morgan fingerprint density at radius 2 is 1.67 bits per heavy atom. The van der Waals surface area contributed by atoms with E-state index in [0.717, 1.165) is 49.1 Å². The van der Waals surface area contributed by atoms with Crippen molar-refractivity contribution in [3.05, 3.63) is 81.0 Å². The Hall–Kier alpha value is -3.68. The Balaban J connectivity index is 1.40. The van der Waals surface area contributed by atoms with Crippen molar-refractivity contribution in [1.29, 1.82) is 0 Å². The number of aromatic nitrogens is 3. The number of rotatable bonds is 15. The number of aryl methyl sites for hydroxylation is 2. The van der Waals surface area contributed by atoms with Gasteiger partial charge in [-0.2, -0.15) is 5.10 Å². The molecule has 8 heteroatoms. The average molecular weight is 590 g/mol. The highest BCUT2D eigenvalue weighted by Gasteiger charge is 2.31. The summed E-state index contributed by atoms with van der Waals surface area (Å²) in [6, 6.07) is 17.1. The molecule has 1 aromatic heterocycles. The van der Waals surface area contributed by atoms with E-state index < -0.39 is 11.6 Å². The molecule has 1 heterocycles. The van der Waals surface area contributed by atoms with E-state index in [1.54, 1.807) is 20.8 Å². The normalized spacial score (nSPS) is 14.0. The van der Waals surface area contributed by atoms with Gasteiger partial charge in [-0.15, -0.1) is 0 Å². The van der Waals surface area contributed by atoms with Gasteiger partial charge in [0.15, 0.2) is 11.3 Å². The first-order valence-electron chi connectivity index (χ1n) is 16.0. The van der Waals surface area contributed by atoms with Gasteiger partial charge in [0.05, 0.1) is 6.61 Å². The summed E-state index contributed by atoms with van der Waals surface area (Å²) in [5.41, 5.74) is 0.384. The Kier molecular flexibility index (Phi) is 11.8. The number of esters is 1. The van der Waals surface area contributed by atoms with Crippen LogP contribution in [0.2, 0.25) is 0 Å². The van der Waals surface area contributed by atoms with Gasteiger partial charge in [0.25, 0.3) is 5.56 Å². The Bertz CT molecular complexity index is 1440. The summed E-state index contributed by atoms with van der Waals surface area (Å²) >= 11 is 0. The molecule has 0 amide bonds. The van der Waals surface area contributed by atoms with Crippen LogP contribution in [0, 0.1) is 5.92 Å². The Labute approximate surface area is 255 Å². The minimum atomic E-state index is -1.09. The summed E-state index contributed by atoms with van der Waals surface area (Å²) in [7, 11) is 0. The van der Waals surface area contributed by atoms with Crippen molar-refractivity contribution in [2.45, 2.75) is 110 Å². The number of hydrogen-bond donors (Lipinski definition) is 0. The van der Waals surface area contributed by atoms with Crippen molar-refractivity contribution >= 4 is 5.97 Å². The topological polar surface area (TPSA) is 92.4 Å². The Morgan fingerprint density at radius 3 is 2.42 bits per heavy atom. The smallest absolute Gasteiger partial charge is 0.349 e. The zero-order valence-electron chi connectivity index (χ0n) is 26.1. The van der Waals surface area contributed by atoms with Crippen LogP contribution in [0.1, 0.15) is 90.5 Å². The number of nitrogens with zero attached hydrogens (tertiary/aromatic N) is 3. The predicted octanol–water partition coefficient (Wildman–Crippen LogP) is 6.57. The molecule has 0 aliphatic heterocycles. The van der Waals surface area contributed by atoms with Gasteiger partial charge in [-0.1, -0.05) is 87.4 Å². The molecule has 4 rings (SSSR count). The lowest BCUT2D eigenvalue weighted by atomic mass is 9.86. The van der Waals surface area contributed by atoms with Gasteiger partial charge in [0, 0.05) is 18.7 Å². The van der Waals surface area contributed by atoms with Crippen LogP contribution in [0.4, 0.5) is 0 Å². The molecule has 2 aromatic carbocycles. The van der Waals surface area contributed by atoms with E-state index in [4.69, 9.17) is 9.47 Å². The van der Waals surface area contributed by atoms with Gasteiger partial charge in [-0.05, 0) is 70.1 Å². The zero-order valence-corrected chi connectivity index (χ0v) is 26.1. The molecule has 0 atom stereocenters. The maximum Gasteiger partial charge on any atom is 0.349 e. The van der Waals surface area contributed by atoms with Crippen LogP contribution in [0.25, 0.3) is 11.3 Å². The molecular weight excluding hydrogens is 542 g/mol. The minimum absolute atomic E-state index is 0.300. The molecule has 0 N–H and O–H groups in total. The average Bonchev–Trinajstić information content (AvgIpc) is 3.01. The van der Waals surface area contributed by atoms with Gasteiger partial charge in [0.1, 0.15) is 5.75 Å². The molecule has 1 aliphatic rings. The first-order valence-corrected chi connectivity index (χ1v) is 16.0. The lowest BCUT2D eigenvalue weighted by molar-refractivity contribution is -0.158. The van der Waals surface area contributed by atoms with Crippen LogP contribution in [0.15, 0.2) is 64.2 Å². The fraction of sp³-hybridized carbons (Fsp3) is 0.543. The molecular formula is C35H47N3O5. The van der Waals surface area contributed by atoms with Gasteiger partial charge in [0.2, 0.25) is 0 Å². The van der Waals surface area contributed by atoms with E-state index in [9.17, 15) is 14.4 Å². The minimum Gasteiger partial charge on any atom is -0.476 e. The first kappa shape index (κ1) is 32.2. The lowest BCUT2D eigenvalue weighted by Crippen LogP contribution is -2.42. The van der Waals surface area contributed by atoms with Gasteiger partial charge >= 0.3 is 11.7 Å². The highest BCUT2D eigenvalue weighted by molar-refractivity contribution is 5.79. The van der Waals surface area contributed by atoms with Crippen LogP contribution in [-0.4, -0.2) is 32.5 Å². The molecule has 0 radical (unpaired) electrons. The molecule has 0 saturated heterocycles. The SMILES string of the molecule is CCOC(=O)C(C)(C)Oc1cccc(CCCCn2nc(-c3ccccc3)c(=O)n(CCCCC3CCCCC3)c2=O)c1. The summed E-state index contributed by atoms with van der Waals surface area (Å²) in [5.74, 6) is 0.992. The summed E-state index contributed by atoms with van der Waals surface area (Å²) in [4.78, 5) is 39.1. The van der Waals surface area contributed by atoms with Crippen LogP contribution in [0.5, 0.6) is 5.75 Å². The molecule has 0 bridgehead atoms. The highest BCUT2D eigenvalue weighted by Crippen LogP contribution is 2.27. The summed E-state index contributed by atoms with van der Waals surface area (Å²) in [6.07, 6.45) is 11.9. The standard InChI is InChI=1S/C35H47N3O5/c1-4-42-33(40)35(2,3)43-30-23-15-20-28(26-30)19-12-14-25-38-34(41)37(24-13-11-18-27-16-7-5-8-17-27)32(39)31(36-38)29-21-9-6-10-22-29/h6,9-10,15,20-23,26-27H,4-5,7-8,11-14,16-19,24-25H2,1-3H3. The third-order valence-electron chi connectivity index (χ3n) is 8.26. The van der Waals surface area contributed by atoms with Gasteiger partial charge < -0.3 is 9.47 Å². The van der Waals surface area contributed by atoms with Gasteiger partial charge in [-0.3, -0.25) is 9.36 Å². The maximum atomic E-state index is 13.4. The number of unbranched alkanes of at least 4 members (excludes halogenated alkanes) is 2. The maximum absolute atomic E-state index is 13.4. The van der Waals surface area contributed by atoms with Crippen LogP contribution >= 0.6 is 0 Å². The van der Waals surface area contributed by atoms with E-state index in [-0.39, 0.29) is 11.2 Å². The number of carbonyl (C=O) groups is 1. The molecule has 232 valence electrons. The van der Waals surface area contributed by atoms with Crippen molar-refractivity contribution in [3.8, 4) is 17.0 Å². The number of benzene rings is 2. The van der Waals surface area contributed by atoms with E-state index in [1.165, 1.54) is 47.8 Å². The molecule has 3 aromatic rings. The molecule has 1 saturated carbocycles. The Morgan fingerprint density at radius 1 is 0.930 bits per heavy atom. The van der Waals surface area contributed by atoms with Crippen molar-refractivity contribution in [2.24, 2.45) is 5.92 Å². The lowest BCUT2D eigenvalue weighted by Gasteiger charge is -2.24. The fourth-order valence-electron chi connectivity index (χ4n) is 5.86. The van der Waals surface area contributed by atoms with Crippen molar-refractivity contribution in [2.75, 3.05) is 6.61 Å². The van der Waals surface area contributed by atoms with Crippen molar-refractivity contribution in [1.82, 2.24) is 14.3 Å². The number of ether oxygens (including phenoxy) is 2. The quantitative estimate of drug-likeness (QED) is 0.147. The predicted molar refractivity (Wildman–Crippen MR) is 169 cm³/mol. The van der Waals surface area contributed by atoms with Crippen LogP contribution in [0.3, 0.4) is 0 Å². The number of carbonyl (C=O) groups excluding carboxylic acids is 1. The third-order valence-corrected chi connectivity index (χ3v) is 8.26. The van der Waals surface area contributed by atoms with Crippen molar-refractivity contribution in [3.63, 3.8) is 0 Å². The largest absolute Gasteiger partial charge is 0.476 e. The molecule has 1 fully saturated rings. The monoisotopic (exact) mass is 589 g/mol. The molecule has 1 aliphatic carbocycles. The van der Waals surface area contributed by atoms with Crippen LogP contribution in [-0.2, 0) is 29.0 Å². The second-order valence-electron chi connectivity index (χ2n) is 12.1. The summed E-state index contributed by atoms with van der Waals surface area (Å²) in [6.45, 7) is 6.31. The molecule has 0 spiro atoms. The summed E-state index contributed by atoms with van der Waals surface area (Å²) < 4.78 is 13.9. The van der Waals surface area contributed by atoms with E-state index in [0.29, 0.717) is 31.1 Å². The third kappa shape index (κ3) is 9.15. The fourth-order valence-corrected chi connectivity index (χ4v) is 5.86. The van der Waals surface area contributed by atoms with Crippen LogP contribution < -0.4 is 16.0 Å². The molecule has 0 unspecified atom stereocenters.